The van der Waals surface area contributed by atoms with E-state index in [2.05, 4.69) is 20.7 Å². The zero-order valence-corrected chi connectivity index (χ0v) is 15.4. The van der Waals surface area contributed by atoms with Gasteiger partial charge in [0.05, 0.1) is 4.92 Å². The van der Waals surface area contributed by atoms with Crippen molar-refractivity contribution in [3.8, 4) is 0 Å². The normalized spacial score (nSPS) is 14.5. The fourth-order valence-electron chi connectivity index (χ4n) is 2.94. The van der Waals surface area contributed by atoms with Crippen LogP contribution in [0.4, 0.5) is 11.6 Å². The molecule has 2 heterocycles. The van der Waals surface area contributed by atoms with Crippen molar-refractivity contribution in [2.45, 2.75) is 25.7 Å². The minimum Gasteiger partial charge on any atom is -0.317 e. The van der Waals surface area contributed by atoms with Gasteiger partial charge in [-0.05, 0) is 45.0 Å². The molecule has 0 bridgehead atoms. The number of nitro benzene ring substituents is 1. The van der Waals surface area contributed by atoms with Crippen LogP contribution < -0.4 is 10.6 Å². The molecule has 3 rings (SSSR count). The number of rotatable bonds is 4. The maximum absolute atomic E-state index is 12.4. The molecule has 0 spiro atoms. The Morgan fingerprint density at radius 2 is 2.08 bits per heavy atom. The lowest BCUT2D eigenvalue weighted by Crippen LogP contribution is -2.27. The Morgan fingerprint density at radius 1 is 1.38 bits per heavy atom. The van der Waals surface area contributed by atoms with Crippen molar-refractivity contribution >= 4 is 29.9 Å². The number of aromatic nitrogens is 3. The maximum Gasteiger partial charge on any atom is 0.272 e. The van der Waals surface area contributed by atoms with E-state index in [0.29, 0.717) is 23.0 Å². The number of aryl methyl sites for hydroxylation is 2. The Balaban J connectivity index is 0.00000243. The van der Waals surface area contributed by atoms with E-state index in [0.717, 1.165) is 31.8 Å². The first-order chi connectivity index (χ1) is 12.0. The van der Waals surface area contributed by atoms with E-state index >= 15 is 0 Å². The molecular weight excluding hydrogens is 360 g/mol. The molecule has 9 nitrogen and oxygen atoms in total. The summed E-state index contributed by atoms with van der Waals surface area (Å²) in [6.07, 6.45) is 1.94. The van der Waals surface area contributed by atoms with Gasteiger partial charge >= 0.3 is 0 Å². The number of hydrogen-bond acceptors (Lipinski definition) is 6. The maximum atomic E-state index is 12.4. The minimum atomic E-state index is -0.467. The third-order valence-corrected chi connectivity index (χ3v) is 4.36. The monoisotopic (exact) mass is 380 g/mol. The van der Waals surface area contributed by atoms with Crippen molar-refractivity contribution in [2.24, 2.45) is 7.05 Å². The van der Waals surface area contributed by atoms with Crippen molar-refractivity contribution in [3.63, 3.8) is 0 Å². The molecule has 10 heteroatoms. The number of benzene rings is 1. The van der Waals surface area contributed by atoms with Gasteiger partial charge in [-0.3, -0.25) is 20.2 Å². The highest BCUT2D eigenvalue weighted by Crippen LogP contribution is 2.24. The second kappa shape index (κ2) is 8.24. The largest absolute Gasteiger partial charge is 0.317 e. The molecule has 0 unspecified atom stereocenters. The number of halogens is 1. The molecule has 0 radical (unpaired) electrons. The Bertz CT molecular complexity index is 816. The summed E-state index contributed by atoms with van der Waals surface area (Å²) in [5.74, 6) is 1.03. The number of carbonyl (C=O) groups excluding carboxylic acids is 1. The van der Waals surface area contributed by atoms with Crippen molar-refractivity contribution in [1.29, 1.82) is 0 Å². The Kier molecular flexibility index (Phi) is 6.27. The quantitative estimate of drug-likeness (QED) is 0.620. The van der Waals surface area contributed by atoms with Gasteiger partial charge in [0.1, 0.15) is 0 Å². The number of anilines is 1. The lowest BCUT2D eigenvalue weighted by Gasteiger charge is -2.19. The van der Waals surface area contributed by atoms with Gasteiger partial charge in [0.2, 0.25) is 5.95 Å². The summed E-state index contributed by atoms with van der Waals surface area (Å²) >= 11 is 0. The highest BCUT2D eigenvalue weighted by molar-refractivity contribution is 6.03. The first-order valence-electron chi connectivity index (χ1n) is 8.13. The van der Waals surface area contributed by atoms with Crippen molar-refractivity contribution in [2.75, 3.05) is 18.4 Å². The smallest absolute Gasteiger partial charge is 0.272 e. The zero-order chi connectivity index (χ0) is 18.0. The van der Waals surface area contributed by atoms with Gasteiger partial charge in [-0.15, -0.1) is 12.4 Å². The summed E-state index contributed by atoms with van der Waals surface area (Å²) < 4.78 is 1.55. The van der Waals surface area contributed by atoms with Crippen molar-refractivity contribution in [3.05, 3.63) is 45.3 Å². The Hall–Kier alpha value is -2.52. The summed E-state index contributed by atoms with van der Waals surface area (Å²) in [4.78, 5) is 27.3. The number of nitrogens with zero attached hydrogens (tertiary/aromatic N) is 4. The Labute approximate surface area is 156 Å². The lowest BCUT2D eigenvalue weighted by atomic mass is 9.98. The molecule has 2 aromatic rings. The molecule has 1 aromatic carbocycles. The molecule has 26 heavy (non-hydrogen) atoms. The van der Waals surface area contributed by atoms with Gasteiger partial charge in [0.25, 0.3) is 11.6 Å². The molecule has 1 fully saturated rings. The van der Waals surface area contributed by atoms with Gasteiger partial charge in [-0.1, -0.05) is 0 Å². The molecule has 2 N–H and O–H groups in total. The van der Waals surface area contributed by atoms with Crippen LogP contribution in [0.3, 0.4) is 0 Å². The first-order valence-corrected chi connectivity index (χ1v) is 8.13. The molecule has 140 valence electrons. The molecule has 0 atom stereocenters. The van der Waals surface area contributed by atoms with Crippen LogP contribution in [-0.4, -0.2) is 38.7 Å². The fourth-order valence-corrected chi connectivity index (χ4v) is 2.94. The van der Waals surface area contributed by atoms with Gasteiger partial charge in [-0.25, -0.2) is 4.68 Å². The average molecular weight is 381 g/mol. The van der Waals surface area contributed by atoms with Crippen molar-refractivity contribution < 1.29 is 9.72 Å². The van der Waals surface area contributed by atoms with Crippen LogP contribution in [0.25, 0.3) is 0 Å². The highest BCUT2D eigenvalue weighted by Gasteiger charge is 2.22. The molecular formula is C16H21ClN6O3. The third kappa shape index (κ3) is 4.17. The van der Waals surface area contributed by atoms with Crippen molar-refractivity contribution in [1.82, 2.24) is 20.1 Å². The van der Waals surface area contributed by atoms with E-state index in [1.54, 1.807) is 18.7 Å². The number of carbonyl (C=O) groups is 1. The average Bonchev–Trinajstić information content (AvgIpc) is 2.96. The van der Waals surface area contributed by atoms with Gasteiger partial charge in [0.15, 0.2) is 5.82 Å². The number of piperidine rings is 1. The van der Waals surface area contributed by atoms with Crippen LogP contribution in [0.2, 0.25) is 0 Å². The lowest BCUT2D eigenvalue weighted by molar-refractivity contribution is -0.385. The van der Waals surface area contributed by atoms with E-state index in [1.165, 1.54) is 18.2 Å². The Morgan fingerprint density at radius 3 is 2.69 bits per heavy atom. The summed E-state index contributed by atoms with van der Waals surface area (Å²) in [7, 11) is 1.73. The zero-order valence-electron chi connectivity index (χ0n) is 14.6. The summed E-state index contributed by atoms with van der Waals surface area (Å²) in [5, 5.41) is 21.3. The molecule has 1 aliphatic rings. The minimum absolute atomic E-state index is 0. The van der Waals surface area contributed by atoms with Gasteiger partial charge in [-0.2, -0.15) is 10.1 Å². The van der Waals surface area contributed by atoms with Crippen LogP contribution in [0.1, 0.15) is 40.5 Å². The first kappa shape index (κ1) is 19.8. The summed E-state index contributed by atoms with van der Waals surface area (Å²) in [6.45, 7) is 3.48. The molecule has 1 amide bonds. The topological polar surface area (TPSA) is 115 Å². The van der Waals surface area contributed by atoms with Crippen LogP contribution in [0.5, 0.6) is 0 Å². The SMILES string of the molecule is Cc1cc(C(=O)Nc2nc(C3CCNCC3)nn2C)ccc1[N+](=O)[O-].Cl. The van der Waals surface area contributed by atoms with Crippen LogP contribution in [-0.2, 0) is 7.05 Å². The van der Waals surface area contributed by atoms with Crippen LogP contribution in [0.15, 0.2) is 18.2 Å². The number of nitro groups is 1. The standard InChI is InChI=1S/C16H20N6O3.ClH/c1-10-9-12(3-4-13(10)22(24)25)15(23)19-16-18-14(20-21(16)2)11-5-7-17-8-6-11;/h3-4,9,11,17H,5-8H2,1-2H3,(H,18,19,20,23);1H. The van der Waals surface area contributed by atoms with E-state index in [1.807, 2.05) is 0 Å². The molecule has 0 aliphatic carbocycles. The second-order valence-electron chi connectivity index (χ2n) is 6.15. The molecule has 0 saturated carbocycles. The predicted molar refractivity (Wildman–Crippen MR) is 98.9 cm³/mol. The summed E-state index contributed by atoms with van der Waals surface area (Å²) in [6, 6.07) is 4.27. The number of hydrogen-bond donors (Lipinski definition) is 2. The fraction of sp³-hybridized carbons (Fsp3) is 0.438. The highest BCUT2D eigenvalue weighted by atomic mass is 35.5. The number of nitrogens with one attached hydrogen (secondary N) is 2. The molecule has 1 aliphatic heterocycles. The predicted octanol–water partition coefficient (Wildman–Crippen LogP) is 2.17. The van der Waals surface area contributed by atoms with E-state index in [4.69, 9.17) is 0 Å². The van der Waals surface area contributed by atoms with Gasteiger partial charge in [0, 0.05) is 30.2 Å². The van der Waals surface area contributed by atoms with Gasteiger partial charge < -0.3 is 5.32 Å². The van der Waals surface area contributed by atoms with E-state index in [9.17, 15) is 14.9 Å². The van der Waals surface area contributed by atoms with Crippen LogP contribution in [0, 0.1) is 17.0 Å². The second-order valence-corrected chi connectivity index (χ2v) is 6.15. The number of amides is 1. The molecule has 1 saturated heterocycles. The van der Waals surface area contributed by atoms with Crippen LogP contribution >= 0.6 is 12.4 Å². The molecule has 1 aromatic heterocycles. The third-order valence-electron chi connectivity index (χ3n) is 4.36. The summed E-state index contributed by atoms with van der Waals surface area (Å²) in [5.41, 5.74) is 0.768. The van der Waals surface area contributed by atoms with E-state index in [-0.39, 0.29) is 24.0 Å². The van der Waals surface area contributed by atoms with E-state index < -0.39 is 4.92 Å².